The van der Waals surface area contributed by atoms with Crippen molar-refractivity contribution in [2.75, 3.05) is 16.8 Å². The van der Waals surface area contributed by atoms with Crippen LogP contribution in [0.25, 0.3) is 0 Å². The van der Waals surface area contributed by atoms with Gasteiger partial charge in [-0.15, -0.1) is 0 Å². The standard InChI is InChI=1S/C20H18N4O2/c25-19-13-15(23-20-21-11-4-12-22-20)14-24(19)16-7-9-18(10-8-16)26-17-5-2-1-3-6-17/h1-12,15H,13-14H2,(H,21,22,23)/t15-/m1/s1. The Balaban J connectivity index is 1.41. The van der Waals surface area contributed by atoms with Crippen LogP contribution >= 0.6 is 0 Å². The third-order valence-corrected chi connectivity index (χ3v) is 4.15. The molecule has 1 atom stereocenters. The maximum Gasteiger partial charge on any atom is 0.229 e. The van der Waals surface area contributed by atoms with E-state index in [4.69, 9.17) is 4.74 Å². The van der Waals surface area contributed by atoms with Gasteiger partial charge in [-0.1, -0.05) is 18.2 Å². The van der Waals surface area contributed by atoms with Gasteiger partial charge in [-0.25, -0.2) is 9.97 Å². The van der Waals surface area contributed by atoms with E-state index in [1.165, 1.54) is 0 Å². The molecule has 1 aliphatic rings. The average molecular weight is 346 g/mol. The fraction of sp³-hybridized carbons (Fsp3) is 0.150. The second-order valence-electron chi connectivity index (χ2n) is 6.03. The minimum atomic E-state index is -0.00912. The highest BCUT2D eigenvalue weighted by molar-refractivity contribution is 5.96. The Kier molecular flexibility index (Phi) is 4.47. The van der Waals surface area contributed by atoms with Crippen molar-refractivity contribution in [3.05, 3.63) is 73.1 Å². The first-order valence-electron chi connectivity index (χ1n) is 8.45. The lowest BCUT2D eigenvalue weighted by atomic mass is 10.2. The van der Waals surface area contributed by atoms with E-state index in [1.54, 1.807) is 23.4 Å². The van der Waals surface area contributed by atoms with Gasteiger partial charge in [0.2, 0.25) is 11.9 Å². The van der Waals surface area contributed by atoms with E-state index in [1.807, 2.05) is 54.6 Å². The summed E-state index contributed by atoms with van der Waals surface area (Å²) in [6.45, 7) is 0.579. The van der Waals surface area contributed by atoms with E-state index in [2.05, 4.69) is 15.3 Å². The Labute approximate surface area is 151 Å². The molecule has 0 unspecified atom stereocenters. The van der Waals surface area contributed by atoms with Crippen LogP contribution in [-0.4, -0.2) is 28.5 Å². The predicted octanol–water partition coefficient (Wildman–Crippen LogP) is 3.49. The molecule has 0 spiro atoms. The van der Waals surface area contributed by atoms with Crippen LogP contribution < -0.4 is 15.0 Å². The lowest BCUT2D eigenvalue weighted by Gasteiger charge is -2.17. The highest BCUT2D eigenvalue weighted by Gasteiger charge is 2.30. The molecule has 26 heavy (non-hydrogen) atoms. The molecule has 1 fully saturated rings. The van der Waals surface area contributed by atoms with Crippen molar-refractivity contribution in [2.45, 2.75) is 12.5 Å². The summed E-state index contributed by atoms with van der Waals surface area (Å²) in [4.78, 5) is 22.4. The molecule has 6 nitrogen and oxygen atoms in total. The number of aromatic nitrogens is 2. The summed E-state index contributed by atoms with van der Waals surface area (Å²) in [6.07, 6.45) is 3.77. The summed E-state index contributed by atoms with van der Waals surface area (Å²) in [5, 5.41) is 3.21. The summed E-state index contributed by atoms with van der Waals surface area (Å²) < 4.78 is 5.79. The maximum absolute atomic E-state index is 12.4. The number of carbonyl (C=O) groups excluding carboxylic acids is 1. The molecule has 2 heterocycles. The Morgan fingerprint density at radius 2 is 1.62 bits per heavy atom. The molecule has 0 saturated carbocycles. The Morgan fingerprint density at radius 1 is 0.923 bits per heavy atom. The average Bonchev–Trinajstić information content (AvgIpc) is 3.04. The van der Waals surface area contributed by atoms with Crippen LogP contribution in [0.3, 0.4) is 0 Å². The first-order valence-corrected chi connectivity index (χ1v) is 8.45. The number of rotatable bonds is 5. The number of benzene rings is 2. The topological polar surface area (TPSA) is 67.4 Å². The zero-order valence-corrected chi connectivity index (χ0v) is 14.1. The van der Waals surface area contributed by atoms with Crippen LogP contribution in [0.4, 0.5) is 11.6 Å². The number of nitrogens with zero attached hydrogens (tertiary/aromatic N) is 3. The number of nitrogens with one attached hydrogen (secondary N) is 1. The summed E-state index contributed by atoms with van der Waals surface area (Å²) in [5.41, 5.74) is 0.855. The maximum atomic E-state index is 12.4. The number of anilines is 2. The molecule has 4 rings (SSSR count). The van der Waals surface area contributed by atoms with E-state index in [0.717, 1.165) is 17.2 Å². The first-order chi connectivity index (χ1) is 12.8. The number of hydrogen-bond donors (Lipinski definition) is 1. The van der Waals surface area contributed by atoms with Gasteiger partial charge >= 0.3 is 0 Å². The van der Waals surface area contributed by atoms with Gasteiger partial charge in [0.1, 0.15) is 11.5 Å². The Bertz CT molecular complexity index is 869. The second kappa shape index (κ2) is 7.23. The third-order valence-electron chi connectivity index (χ3n) is 4.15. The Morgan fingerprint density at radius 3 is 2.35 bits per heavy atom. The molecule has 1 N–H and O–H groups in total. The zero-order chi connectivity index (χ0) is 17.8. The normalized spacial score (nSPS) is 16.5. The molecule has 6 heteroatoms. The molecular formula is C20H18N4O2. The fourth-order valence-corrected chi connectivity index (χ4v) is 2.93. The monoisotopic (exact) mass is 346 g/mol. The summed E-state index contributed by atoms with van der Waals surface area (Å²) in [6, 6.07) is 18.9. The van der Waals surface area contributed by atoms with Gasteiger partial charge in [-0.2, -0.15) is 0 Å². The number of para-hydroxylation sites is 1. The van der Waals surface area contributed by atoms with E-state index in [-0.39, 0.29) is 11.9 Å². The van der Waals surface area contributed by atoms with E-state index < -0.39 is 0 Å². The minimum Gasteiger partial charge on any atom is -0.457 e. The quantitative estimate of drug-likeness (QED) is 0.766. The minimum absolute atomic E-state index is 0.00912. The van der Waals surface area contributed by atoms with E-state index in [0.29, 0.717) is 18.9 Å². The molecule has 1 aromatic heterocycles. The molecule has 130 valence electrons. The van der Waals surface area contributed by atoms with Crippen molar-refractivity contribution < 1.29 is 9.53 Å². The van der Waals surface area contributed by atoms with Crippen LogP contribution in [0.1, 0.15) is 6.42 Å². The molecule has 1 amide bonds. The van der Waals surface area contributed by atoms with Gasteiger partial charge in [0.25, 0.3) is 0 Å². The van der Waals surface area contributed by atoms with Crippen LogP contribution in [0, 0.1) is 0 Å². The van der Waals surface area contributed by atoms with Crippen LogP contribution in [0.15, 0.2) is 73.1 Å². The highest BCUT2D eigenvalue weighted by atomic mass is 16.5. The largest absolute Gasteiger partial charge is 0.457 e. The van der Waals surface area contributed by atoms with Gasteiger partial charge < -0.3 is 15.0 Å². The molecule has 1 saturated heterocycles. The van der Waals surface area contributed by atoms with Crippen molar-refractivity contribution in [1.29, 1.82) is 0 Å². The molecule has 0 radical (unpaired) electrons. The molecule has 1 aliphatic heterocycles. The summed E-state index contributed by atoms with van der Waals surface area (Å²) in [7, 11) is 0. The smallest absolute Gasteiger partial charge is 0.229 e. The van der Waals surface area contributed by atoms with Gasteiger partial charge in [0, 0.05) is 31.0 Å². The summed E-state index contributed by atoms with van der Waals surface area (Å²) >= 11 is 0. The molecule has 3 aromatic rings. The highest BCUT2D eigenvalue weighted by Crippen LogP contribution is 2.27. The fourth-order valence-electron chi connectivity index (χ4n) is 2.93. The molecule has 0 bridgehead atoms. The van der Waals surface area contributed by atoms with Gasteiger partial charge in [0.15, 0.2) is 0 Å². The SMILES string of the molecule is O=C1C[C@@H](Nc2ncccn2)CN1c1ccc(Oc2ccccc2)cc1. The third kappa shape index (κ3) is 3.64. The van der Waals surface area contributed by atoms with Gasteiger partial charge in [0.05, 0.1) is 6.04 Å². The molecular weight excluding hydrogens is 328 g/mol. The van der Waals surface area contributed by atoms with Crippen LogP contribution in [-0.2, 0) is 4.79 Å². The first kappa shape index (κ1) is 16.1. The second-order valence-corrected chi connectivity index (χ2v) is 6.03. The van der Waals surface area contributed by atoms with Crippen LogP contribution in [0.5, 0.6) is 11.5 Å². The van der Waals surface area contributed by atoms with Crippen LogP contribution in [0.2, 0.25) is 0 Å². The van der Waals surface area contributed by atoms with Gasteiger partial charge in [-0.05, 0) is 42.5 Å². The van der Waals surface area contributed by atoms with E-state index in [9.17, 15) is 4.79 Å². The number of hydrogen-bond acceptors (Lipinski definition) is 5. The van der Waals surface area contributed by atoms with Gasteiger partial charge in [-0.3, -0.25) is 4.79 Å². The lowest BCUT2D eigenvalue weighted by Crippen LogP contribution is -2.28. The lowest BCUT2D eigenvalue weighted by molar-refractivity contribution is -0.117. The number of amides is 1. The zero-order valence-electron chi connectivity index (χ0n) is 14.1. The predicted molar refractivity (Wildman–Crippen MR) is 99.4 cm³/mol. The van der Waals surface area contributed by atoms with Crippen molar-refractivity contribution in [1.82, 2.24) is 9.97 Å². The van der Waals surface area contributed by atoms with Crippen molar-refractivity contribution >= 4 is 17.5 Å². The van der Waals surface area contributed by atoms with E-state index >= 15 is 0 Å². The number of ether oxygens (including phenoxy) is 1. The van der Waals surface area contributed by atoms with Crippen molar-refractivity contribution in [3.63, 3.8) is 0 Å². The molecule has 0 aliphatic carbocycles. The van der Waals surface area contributed by atoms with Crippen molar-refractivity contribution in [3.8, 4) is 11.5 Å². The van der Waals surface area contributed by atoms with Crippen molar-refractivity contribution in [2.24, 2.45) is 0 Å². The summed E-state index contributed by atoms with van der Waals surface area (Å²) in [5.74, 6) is 2.14. The number of carbonyl (C=O) groups is 1. The molecule has 2 aromatic carbocycles. The Hall–Kier alpha value is -3.41.